The van der Waals surface area contributed by atoms with Gasteiger partial charge in [-0.15, -0.1) is 0 Å². The maximum Gasteiger partial charge on any atom is 0.433 e. The van der Waals surface area contributed by atoms with E-state index in [1.54, 1.807) is 12.1 Å². The zero-order chi connectivity index (χ0) is 32.8. The summed E-state index contributed by atoms with van der Waals surface area (Å²) in [6.45, 7) is 3.88. The third-order valence-electron chi connectivity index (χ3n) is 8.37. The summed E-state index contributed by atoms with van der Waals surface area (Å²) in [4.78, 5) is 63.4. The first-order valence-electron chi connectivity index (χ1n) is 15.6. The Morgan fingerprint density at radius 2 is 1.52 bits per heavy atom. The van der Waals surface area contributed by atoms with Gasteiger partial charge in [-0.25, -0.2) is 4.79 Å². The quantitative estimate of drug-likeness (QED) is 0.295. The molecule has 242 valence electrons. The van der Waals surface area contributed by atoms with Crippen LogP contribution in [0, 0.1) is 5.92 Å². The van der Waals surface area contributed by atoms with E-state index in [9.17, 15) is 29.4 Å². The van der Waals surface area contributed by atoms with Crippen molar-refractivity contribution in [2.75, 3.05) is 13.1 Å². The number of hydrogen-bond acceptors (Lipinski definition) is 6. The lowest BCUT2D eigenvalue weighted by Crippen LogP contribution is -2.75. The van der Waals surface area contributed by atoms with E-state index in [-0.39, 0.29) is 43.4 Å². The number of hydrogen-bond donors (Lipinski definition) is 3. The van der Waals surface area contributed by atoms with Crippen molar-refractivity contribution < 1.29 is 34.2 Å². The number of hydroxylamine groups is 2. The van der Waals surface area contributed by atoms with Crippen LogP contribution in [0.15, 0.2) is 84.9 Å². The van der Waals surface area contributed by atoms with Crippen LogP contribution in [-0.4, -0.2) is 86.3 Å². The number of aromatic hydroxyl groups is 1. The number of carbonyl (C=O) groups is 4. The highest BCUT2D eigenvalue weighted by Crippen LogP contribution is 2.32. The fraction of sp³-hybridized carbons (Fsp3) is 0.371. The molecule has 4 amide bonds. The molecule has 2 heterocycles. The lowest BCUT2D eigenvalue weighted by molar-refractivity contribution is -0.267. The Kier molecular flexibility index (Phi) is 10.2. The van der Waals surface area contributed by atoms with E-state index < -0.39 is 42.3 Å². The Bertz CT molecular complexity index is 1520. The average molecular weight is 629 g/mol. The lowest BCUT2D eigenvalue weighted by Gasteiger charge is -2.53. The molecule has 5 rings (SSSR count). The Balaban J connectivity index is 1.50. The van der Waals surface area contributed by atoms with E-state index in [1.165, 1.54) is 21.9 Å². The number of nitrogens with one attached hydrogen (secondary N) is 1. The standard InChI is InChI=1S/C35H40N4O7/c1-23(2)19-30-34(43)38-29(21-26-13-15-27(40)16-14-26)33(42)37(22-31(38)39(46-30)35(44)45)28(20-25-11-7-4-8-12-25)32(41)36-18-17-24-9-5-3-6-10-24/h3-16,23,28-31,40H,17-22H2,1-2H3,(H,36,41)(H,44,45)/t28-,29?,30?,31?/m0/s1. The van der Waals surface area contributed by atoms with Crippen LogP contribution < -0.4 is 5.32 Å². The molecule has 4 atom stereocenters. The number of fused-ring (bicyclic) bond motifs is 1. The molecule has 46 heavy (non-hydrogen) atoms. The van der Waals surface area contributed by atoms with Crippen LogP contribution in [0.5, 0.6) is 5.75 Å². The topological polar surface area (TPSA) is 140 Å². The molecule has 0 aliphatic carbocycles. The van der Waals surface area contributed by atoms with Gasteiger partial charge in [-0.05, 0) is 47.6 Å². The van der Waals surface area contributed by atoms with E-state index in [0.29, 0.717) is 18.5 Å². The largest absolute Gasteiger partial charge is 0.508 e. The summed E-state index contributed by atoms with van der Waals surface area (Å²) in [5.74, 6) is -1.26. The SMILES string of the molecule is CC(C)CC1ON(C(=O)O)C2CN([C@@H](Cc3ccccc3)C(=O)NCCc3ccccc3)C(=O)C(Cc3ccc(O)cc3)N2C1=O. The van der Waals surface area contributed by atoms with E-state index in [4.69, 9.17) is 4.84 Å². The summed E-state index contributed by atoms with van der Waals surface area (Å²) in [5.41, 5.74) is 2.52. The van der Waals surface area contributed by atoms with E-state index in [0.717, 1.165) is 16.2 Å². The number of nitrogens with zero attached hydrogens (tertiary/aromatic N) is 3. The predicted octanol–water partition coefficient (Wildman–Crippen LogP) is 3.61. The Morgan fingerprint density at radius 3 is 2.13 bits per heavy atom. The van der Waals surface area contributed by atoms with Crippen LogP contribution in [0.3, 0.4) is 0 Å². The molecule has 2 aliphatic heterocycles. The highest BCUT2D eigenvalue weighted by molar-refractivity contribution is 5.95. The third kappa shape index (κ3) is 7.48. The van der Waals surface area contributed by atoms with Crippen LogP contribution in [0.2, 0.25) is 0 Å². The van der Waals surface area contributed by atoms with Crippen molar-refractivity contribution in [2.24, 2.45) is 5.92 Å². The van der Waals surface area contributed by atoms with Gasteiger partial charge in [0.1, 0.15) is 17.8 Å². The Morgan fingerprint density at radius 1 is 0.891 bits per heavy atom. The van der Waals surface area contributed by atoms with Crippen molar-refractivity contribution >= 4 is 23.8 Å². The molecular formula is C35H40N4O7. The zero-order valence-corrected chi connectivity index (χ0v) is 26.0. The van der Waals surface area contributed by atoms with Gasteiger partial charge in [-0.1, -0.05) is 86.6 Å². The number of phenolic OH excluding ortho intramolecular Hbond substituents is 1. The summed E-state index contributed by atoms with van der Waals surface area (Å²) in [5, 5.41) is 23.8. The first-order chi connectivity index (χ1) is 22.1. The highest BCUT2D eigenvalue weighted by atomic mass is 16.7. The molecule has 11 nitrogen and oxygen atoms in total. The highest BCUT2D eigenvalue weighted by Gasteiger charge is 2.54. The van der Waals surface area contributed by atoms with Crippen molar-refractivity contribution in [2.45, 2.75) is 63.9 Å². The maximum atomic E-state index is 14.5. The lowest BCUT2D eigenvalue weighted by atomic mass is 9.94. The second kappa shape index (κ2) is 14.5. The van der Waals surface area contributed by atoms with Crippen molar-refractivity contribution in [1.82, 2.24) is 20.2 Å². The van der Waals surface area contributed by atoms with E-state index >= 15 is 0 Å². The molecule has 0 saturated carbocycles. The molecule has 0 radical (unpaired) electrons. The Hall–Kier alpha value is -4.90. The average Bonchev–Trinajstić information content (AvgIpc) is 3.04. The number of rotatable bonds is 11. The minimum absolute atomic E-state index is 0.0171. The number of carboxylic acid groups (broad SMARTS) is 1. The number of benzene rings is 3. The van der Waals surface area contributed by atoms with Crippen LogP contribution in [-0.2, 0) is 38.5 Å². The van der Waals surface area contributed by atoms with E-state index in [2.05, 4.69) is 5.32 Å². The van der Waals surface area contributed by atoms with Crippen molar-refractivity contribution in [3.63, 3.8) is 0 Å². The number of phenols is 1. The molecular weight excluding hydrogens is 588 g/mol. The maximum absolute atomic E-state index is 14.5. The van der Waals surface area contributed by atoms with Gasteiger partial charge >= 0.3 is 6.09 Å². The molecule has 0 aromatic heterocycles. The molecule has 3 unspecified atom stereocenters. The van der Waals surface area contributed by atoms with Crippen LogP contribution in [0.4, 0.5) is 4.79 Å². The molecule has 3 N–H and O–H groups in total. The van der Waals surface area contributed by atoms with Gasteiger partial charge in [-0.2, -0.15) is 5.06 Å². The molecule has 2 aliphatic rings. The summed E-state index contributed by atoms with van der Waals surface area (Å²) >= 11 is 0. The predicted molar refractivity (Wildman–Crippen MR) is 169 cm³/mol. The molecule has 2 fully saturated rings. The molecule has 3 aromatic rings. The van der Waals surface area contributed by atoms with Gasteiger partial charge in [0.25, 0.3) is 5.91 Å². The summed E-state index contributed by atoms with van der Waals surface area (Å²) in [6.07, 6.45) is -2.59. The summed E-state index contributed by atoms with van der Waals surface area (Å²) in [6, 6.07) is 23.2. The first kappa shape index (κ1) is 32.5. The third-order valence-corrected chi connectivity index (χ3v) is 8.37. The van der Waals surface area contributed by atoms with E-state index in [1.807, 2.05) is 74.5 Å². The van der Waals surface area contributed by atoms with Crippen molar-refractivity contribution in [3.8, 4) is 5.75 Å². The molecule has 11 heteroatoms. The molecule has 2 saturated heterocycles. The first-order valence-corrected chi connectivity index (χ1v) is 15.6. The number of carbonyl (C=O) groups excluding carboxylic acids is 3. The monoisotopic (exact) mass is 628 g/mol. The summed E-state index contributed by atoms with van der Waals surface area (Å²) in [7, 11) is 0. The van der Waals surface area contributed by atoms with Crippen LogP contribution >= 0.6 is 0 Å². The summed E-state index contributed by atoms with van der Waals surface area (Å²) < 4.78 is 0. The smallest absolute Gasteiger partial charge is 0.433 e. The number of piperazine rings is 1. The van der Waals surface area contributed by atoms with Gasteiger partial charge in [0, 0.05) is 19.4 Å². The zero-order valence-electron chi connectivity index (χ0n) is 26.0. The van der Waals surface area contributed by atoms with Crippen LogP contribution in [0.25, 0.3) is 0 Å². The van der Waals surface area contributed by atoms with Crippen molar-refractivity contribution in [1.29, 1.82) is 0 Å². The Labute approximate surface area is 268 Å². The fourth-order valence-corrected chi connectivity index (χ4v) is 6.12. The van der Waals surface area contributed by atoms with Gasteiger partial charge in [0.05, 0.1) is 6.54 Å². The van der Waals surface area contributed by atoms with Gasteiger partial charge < -0.3 is 25.3 Å². The van der Waals surface area contributed by atoms with Crippen molar-refractivity contribution in [3.05, 3.63) is 102 Å². The second-order valence-electron chi connectivity index (χ2n) is 12.2. The molecule has 0 spiro atoms. The van der Waals surface area contributed by atoms with Gasteiger partial charge in [0.2, 0.25) is 11.8 Å². The molecule has 3 aromatic carbocycles. The van der Waals surface area contributed by atoms with Gasteiger partial charge in [0.15, 0.2) is 12.3 Å². The minimum atomic E-state index is -1.40. The minimum Gasteiger partial charge on any atom is -0.508 e. The molecule has 0 bridgehead atoms. The van der Waals surface area contributed by atoms with Gasteiger partial charge in [-0.3, -0.25) is 19.2 Å². The second-order valence-corrected chi connectivity index (χ2v) is 12.2. The number of amides is 4. The van der Waals surface area contributed by atoms with Crippen LogP contribution in [0.1, 0.15) is 37.0 Å². The fourth-order valence-electron chi connectivity index (χ4n) is 6.12. The normalized spacial score (nSPS) is 20.4.